The van der Waals surface area contributed by atoms with E-state index >= 15 is 0 Å². The van der Waals surface area contributed by atoms with Gasteiger partial charge in [-0.05, 0) is 17.7 Å². The molecule has 1 aromatic carbocycles. The third-order valence-corrected chi connectivity index (χ3v) is 3.28. The predicted octanol–water partition coefficient (Wildman–Crippen LogP) is 2.60. The summed E-state index contributed by atoms with van der Waals surface area (Å²) < 4.78 is 37.6. The Bertz CT molecular complexity index is 675. The summed E-state index contributed by atoms with van der Waals surface area (Å²) >= 11 is 5.86. The number of nitrogens with zero attached hydrogens (tertiary/aromatic N) is 2. The molecule has 0 aliphatic heterocycles. The third kappa shape index (κ3) is 3.99. The number of benzene rings is 1. The smallest absolute Gasteiger partial charge is 0.383 e. The van der Waals surface area contributed by atoms with Crippen LogP contribution in [0.1, 0.15) is 16.7 Å². The van der Waals surface area contributed by atoms with E-state index in [0.717, 1.165) is 12.1 Å². The summed E-state index contributed by atoms with van der Waals surface area (Å²) in [5.74, 6) is 0.325. The van der Waals surface area contributed by atoms with Crippen molar-refractivity contribution in [3.8, 4) is 0 Å². The van der Waals surface area contributed by atoms with Crippen molar-refractivity contribution in [3.63, 3.8) is 0 Å². The second kappa shape index (κ2) is 6.37. The largest absolute Gasteiger partial charge is 0.416 e. The molecule has 0 amide bonds. The molecule has 5 N–H and O–H groups in total. The van der Waals surface area contributed by atoms with Gasteiger partial charge in [0.2, 0.25) is 5.95 Å². The second-order valence-electron chi connectivity index (χ2n) is 4.55. The molecule has 22 heavy (non-hydrogen) atoms. The van der Waals surface area contributed by atoms with Crippen molar-refractivity contribution in [2.24, 2.45) is 0 Å². The molecule has 118 valence electrons. The minimum atomic E-state index is -4.41. The molecule has 9 heteroatoms. The van der Waals surface area contributed by atoms with Gasteiger partial charge in [0.05, 0.1) is 5.56 Å². The van der Waals surface area contributed by atoms with Gasteiger partial charge in [-0.3, -0.25) is 0 Å². The van der Waals surface area contributed by atoms with Gasteiger partial charge in [0, 0.05) is 29.9 Å². The lowest BCUT2D eigenvalue weighted by Gasteiger charge is -2.11. The van der Waals surface area contributed by atoms with Crippen LogP contribution in [0.2, 0.25) is 5.02 Å². The maximum atomic E-state index is 12.5. The van der Waals surface area contributed by atoms with Gasteiger partial charge < -0.3 is 16.8 Å². The molecule has 0 unspecified atom stereocenters. The van der Waals surface area contributed by atoms with Crippen LogP contribution in [-0.4, -0.2) is 9.97 Å². The Labute approximate surface area is 129 Å². The molecule has 0 atom stereocenters. The van der Waals surface area contributed by atoms with Crippen molar-refractivity contribution < 1.29 is 13.2 Å². The Morgan fingerprint density at radius 2 is 1.82 bits per heavy atom. The molecule has 1 heterocycles. The van der Waals surface area contributed by atoms with Gasteiger partial charge in [-0.15, -0.1) is 0 Å². The average Bonchev–Trinajstić information content (AvgIpc) is 2.41. The van der Waals surface area contributed by atoms with Crippen LogP contribution in [0.5, 0.6) is 0 Å². The molecule has 0 bridgehead atoms. The number of aromatic nitrogens is 2. The van der Waals surface area contributed by atoms with E-state index in [1.165, 1.54) is 12.3 Å². The Morgan fingerprint density at radius 3 is 2.41 bits per heavy atom. The Balaban J connectivity index is 2.00. The SMILES string of the molecule is Nc1ncc(CNCc2ccc(C(F)(F)F)cc2Cl)c(N)n1. The molecule has 2 aromatic rings. The van der Waals surface area contributed by atoms with Crippen molar-refractivity contribution in [2.75, 3.05) is 11.5 Å². The summed E-state index contributed by atoms with van der Waals surface area (Å²) in [7, 11) is 0. The molecule has 0 fully saturated rings. The monoisotopic (exact) mass is 331 g/mol. The number of halogens is 4. The van der Waals surface area contributed by atoms with E-state index in [9.17, 15) is 13.2 Å². The zero-order chi connectivity index (χ0) is 16.3. The fraction of sp³-hybridized carbons (Fsp3) is 0.231. The van der Waals surface area contributed by atoms with Gasteiger partial charge in [-0.25, -0.2) is 4.98 Å². The highest BCUT2D eigenvalue weighted by atomic mass is 35.5. The molecule has 5 nitrogen and oxygen atoms in total. The Kier molecular flexibility index (Phi) is 4.72. The topological polar surface area (TPSA) is 89.8 Å². The summed E-state index contributed by atoms with van der Waals surface area (Å²) in [4.78, 5) is 7.63. The number of hydrogen-bond acceptors (Lipinski definition) is 5. The first-order valence-corrected chi connectivity index (χ1v) is 6.58. The quantitative estimate of drug-likeness (QED) is 0.801. The highest BCUT2D eigenvalue weighted by molar-refractivity contribution is 6.31. The normalized spacial score (nSPS) is 11.6. The molecular weight excluding hydrogens is 319 g/mol. The molecule has 0 aliphatic carbocycles. The fourth-order valence-electron chi connectivity index (χ4n) is 1.77. The standard InChI is InChI=1S/C13H13ClF3N5/c14-10-3-9(13(15,16)17)2-1-7(10)4-20-5-8-6-21-12(19)22-11(8)18/h1-3,6,20H,4-5H2,(H4,18,19,21,22). The summed E-state index contributed by atoms with van der Waals surface area (Å²) in [5.41, 5.74) is 11.5. The lowest BCUT2D eigenvalue weighted by Crippen LogP contribution is -2.16. The van der Waals surface area contributed by atoms with Gasteiger partial charge in [-0.2, -0.15) is 18.2 Å². The van der Waals surface area contributed by atoms with E-state index in [1.54, 1.807) is 0 Å². The number of anilines is 2. The molecule has 0 radical (unpaired) electrons. The maximum absolute atomic E-state index is 12.5. The van der Waals surface area contributed by atoms with Gasteiger partial charge in [0.1, 0.15) is 5.82 Å². The Hall–Kier alpha value is -2.06. The van der Waals surface area contributed by atoms with E-state index in [4.69, 9.17) is 23.1 Å². The van der Waals surface area contributed by atoms with Crippen molar-refractivity contribution in [1.82, 2.24) is 15.3 Å². The molecule has 0 spiro atoms. The zero-order valence-corrected chi connectivity index (χ0v) is 12.0. The lowest BCUT2D eigenvalue weighted by atomic mass is 10.1. The first-order valence-electron chi connectivity index (χ1n) is 6.20. The second-order valence-corrected chi connectivity index (χ2v) is 4.95. The summed E-state index contributed by atoms with van der Waals surface area (Å²) in [6.45, 7) is 0.615. The van der Waals surface area contributed by atoms with Crippen LogP contribution in [0.3, 0.4) is 0 Å². The minimum Gasteiger partial charge on any atom is -0.383 e. The predicted molar refractivity (Wildman–Crippen MR) is 77.9 cm³/mol. The number of alkyl halides is 3. The molecule has 1 aromatic heterocycles. The third-order valence-electron chi connectivity index (χ3n) is 2.93. The maximum Gasteiger partial charge on any atom is 0.416 e. The first kappa shape index (κ1) is 16.3. The summed E-state index contributed by atoms with van der Waals surface area (Å²) in [6, 6.07) is 3.23. The van der Waals surface area contributed by atoms with E-state index < -0.39 is 11.7 Å². The van der Waals surface area contributed by atoms with E-state index in [1.807, 2.05) is 0 Å². The molecule has 0 saturated carbocycles. The van der Waals surface area contributed by atoms with Crippen LogP contribution in [0.15, 0.2) is 24.4 Å². The van der Waals surface area contributed by atoms with Crippen molar-refractivity contribution in [3.05, 3.63) is 46.1 Å². The van der Waals surface area contributed by atoms with Crippen LogP contribution in [0, 0.1) is 0 Å². The minimum absolute atomic E-state index is 0.0452. The lowest BCUT2D eigenvalue weighted by molar-refractivity contribution is -0.137. The summed E-state index contributed by atoms with van der Waals surface area (Å²) in [5, 5.41) is 3.06. The average molecular weight is 332 g/mol. The van der Waals surface area contributed by atoms with E-state index in [0.29, 0.717) is 17.7 Å². The zero-order valence-electron chi connectivity index (χ0n) is 11.3. The van der Waals surface area contributed by atoms with Gasteiger partial charge in [0.15, 0.2) is 0 Å². The number of nitrogens with one attached hydrogen (secondary N) is 1. The summed E-state index contributed by atoms with van der Waals surface area (Å²) in [6.07, 6.45) is -2.93. The van der Waals surface area contributed by atoms with Crippen LogP contribution < -0.4 is 16.8 Å². The number of nitrogens with two attached hydrogens (primary N) is 2. The van der Waals surface area contributed by atoms with Gasteiger partial charge in [0.25, 0.3) is 0 Å². The number of nitrogen functional groups attached to an aromatic ring is 2. The highest BCUT2D eigenvalue weighted by Gasteiger charge is 2.30. The molecular formula is C13H13ClF3N5. The number of rotatable bonds is 4. The first-order chi connectivity index (χ1) is 10.3. The fourth-order valence-corrected chi connectivity index (χ4v) is 2.02. The highest BCUT2D eigenvalue weighted by Crippen LogP contribution is 2.32. The van der Waals surface area contributed by atoms with Gasteiger partial charge in [-0.1, -0.05) is 17.7 Å². The van der Waals surface area contributed by atoms with Crippen molar-refractivity contribution in [2.45, 2.75) is 19.3 Å². The van der Waals surface area contributed by atoms with E-state index in [2.05, 4.69) is 15.3 Å². The molecule has 0 saturated heterocycles. The van der Waals surface area contributed by atoms with Crippen molar-refractivity contribution >= 4 is 23.4 Å². The molecule has 0 aliphatic rings. The molecule has 2 rings (SSSR count). The van der Waals surface area contributed by atoms with Crippen LogP contribution in [0.25, 0.3) is 0 Å². The van der Waals surface area contributed by atoms with Crippen LogP contribution in [0.4, 0.5) is 24.9 Å². The van der Waals surface area contributed by atoms with Gasteiger partial charge >= 0.3 is 6.18 Å². The van der Waals surface area contributed by atoms with E-state index in [-0.39, 0.29) is 23.3 Å². The number of hydrogen-bond donors (Lipinski definition) is 3. The van der Waals surface area contributed by atoms with Crippen LogP contribution >= 0.6 is 11.6 Å². The Morgan fingerprint density at radius 1 is 1.14 bits per heavy atom. The van der Waals surface area contributed by atoms with Crippen molar-refractivity contribution in [1.29, 1.82) is 0 Å². The van der Waals surface area contributed by atoms with Crippen LogP contribution in [-0.2, 0) is 19.3 Å².